The maximum atomic E-state index is 11.6. The van der Waals surface area contributed by atoms with E-state index in [1.807, 2.05) is 33.8 Å². The lowest BCUT2D eigenvalue weighted by atomic mass is 10.2. The zero-order valence-electron chi connectivity index (χ0n) is 8.70. The van der Waals surface area contributed by atoms with Crippen molar-refractivity contribution < 1.29 is 14.4 Å². The van der Waals surface area contributed by atoms with Gasteiger partial charge in [-0.15, -0.1) is 0 Å². The number of carbonyl (C=O) groups excluding carboxylic acids is 1. The van der Waals surface area contributed by atoms with Crippen molar-refractivity contribution in [3.63, 3.8) is 0 Å². The van der Waals surface area contributed by atoms with E-state index in [1.54, 1.807) is 0 Å². The van der Waals surface area contributed by atoms with Gasteiger partial charge in [0.25, 0.3) is 0 Å². The third-order valence-corrected chi connectivity index (χ3v) is 2.05. The van der Waals surface area contributed by atoms with Crippen molar-refractivity contribution in [2.75, 3.05) is 0 Å². The number of hydrogen-bond donors (Lipinski definition) is 0. The van der Waals surface area contributed by atoms with E-state index in [4.69, 9.17) is 9.57 Å². The van der Waals surface area contributed by atoms with Crippen molar-refractivity contribution in [1.29, 1.82) is 0 Å². The van der Waals surface area contributed by atoms with Crippen LogP contribution < -0.4 is 0 Å². The third-order valence-electron chi connectivity index (χ3n) is 1.46. The third kappa shape index (κ3) is 3.13. The van der Waals surface area contributed by atoms with Gasteiger partial charge in [-0.1, -0.05) is 0 Å². The van der Waals surface area contributed by atoms with E-state index in [9.17, 15) is 4.79 Å². The fourth-order valence-corrected chi connectivity index (χ4v) is 1.71. The molecule has 1 unspecified atom stereocenters. The Kier molecular flexibility index (Phi) is 3.41. The van der Waals surface area contributed by atoms with E-state index < -0.39 is 11.7 Å². The Morgan fingerprint density at radius 2 is 2.21 bits per heavy atom. The highest BCUT2D eigenvalue weighted by atomic mass is 127. The number of rotatable bonds is 0. The molecule has 0 saturated heterocycles. The molecule has 0 aromatic rings. The number of amides is 1. The number of ether oxygens (including phenoxy) is 1. The Morgan fingerprint density at radius 1 is 1.64 bits per heavy atom. The smallest absolute Gasteiger partial charge is 0.439 e. The molecule has 80 valence electrons. The molecule has 1 heterocycles. The van der Waals surface area contributed by atoms with Crippen LogP contribution in [0.1, 0.15) is 27.7 Å². The molecule has 0 bridgehead atoms. The molecule has 0 saturated carbocycles. The zero-order valence-corrected chi connectivity index (χ0v) is 10.9. The summed E-state index contributed by atoms with van der Waals surface area (Å²) in [5.41, 5.74) is 0.267. The summed E-state index contributed by atoms with van der Waals surface area (Å²) in [5, 5.41) is 1.18. The minimum Gasteiger partial charge on any atom is -0.442 e. The van der Waals surface area contributed by atoms with Crippen LogP contribution >= 0.6 is 22.6 Å². The van der Waals surface area contributed by atoms with Gasteiger partial charge < -0.3 is 4.74 Å². The summed E-state index contributed by atoms with van der Waals surface area (Å²) in [6.45, 7) is 7.27. The van der Waals surface area contributed by atoms with Crippen LogP contribution in [0.2, 0.25) is 0 Å². The average Bonchev–Trinajstić information content (AvgIpc) is 2.26. The van der Waals surface area contributed by atoms with Crippen molar-refractivity contribution >= 4 is 28.7 Å². The molecule has 0 N–H and O–H groups in total. The lowest BCUT2D eigenvalue weighted by Gasteiger charge is -2.24. The predicted octanol–water partition coefficient (Wildman–Crippen LogP) is 2.83. The second-order valence-corrected chi connectivity index (χ2v) is 5.27. The van der Waals surface area contributed by atoms with Gasteiger partial charge in [0.15, 0.2) is 4.11 Å². The van der Waals surface area contributed by atoms with Crippen LogP contribution in [-0.4, -0.2) is 20.9 Å². The van der Waals surface area contributed by atoms with Crippen molar-refractivity contribution in [3.05, 3.63) is 11.8 Å². The van der Waals surface area contributed by atoms with Crippen molar-refractivity contribution in [1.82, 2.24) is 5.06 Å². The Morgan fingerprint density at radius 3 is 2.57 bits per heavy atom. The first-order chi connectivity index (χ1) is 6.29. The molecular formula is C9H14INO3. The lowest BCUT2D eigenvalue weighted by Crippen LogP contribution is -2.34. The van der Waals surface area contributed by atoms with Crippen LogP contribution in [0.3, 0.4) is 0 Å². The molecule has 0 aliphatic carbocycles. The first kappa shape index (κ1) is 11.8. The molecule has 1 atom stereocenters. The Hall–Kier alpha value is -0.300. The number of hydroxylamine groups is 2. The molecule has 0 fully saturated rings. The molecule has 1 aliphatic rings. The van der Waals surface area contributed by atoms with Crippen LogP contribution in [0.15, 0.2) is 11.8 Å². The number of allylic oxidation sites excluding steroid dienone is 1. The van der Waals surface area contributed by atoms with Gasteiger partial charge >= 0.3 is 6.09 Å². The summed E-state index contributed by atoms with van der Waals surface area (Å²) < 4.78 is 5.06. The van der Waals surface area contributed by atoms with E-state index in [1.165, 1.54) is 5.06 Å². The van der Waals surface area contributed by atoms with Crippen molar-refractivity contribution in [3.8, 4) is 0 Å². The van der Waals surface area contributed by atoms with Gasteiger partial charge in [-0.2, -0.15) is 5.06 Å². The van der Waals surface area contributed by atoms with Crippen molar-refractivity contribution in [2.24, 2.45) is 0 Å². The first-order valence-corrected chi connectivity index (χ1v) is 5.56. The minimum absolute atomic E-state index is 0.0971. The Balaban J connectivity index is 2.60. The topological polar surface area (TPSA) is 38.8 Å². The minimum atomic E-state index is -0.496. The van der Waals surface area contributed by atoms with E-state index in [0.29, 0.717) is 0 Å². The summed E-state index contributed by atoms with van der Waals surface area (Å²) in [6.07, 6.45) is 1.38. The highest BCUT2D eigenvalue weighted by molar-refractivity contribution is 14.1. The van der Waals surface area contributed by atoms with E-state index in [2.05, 4.69) is 22.6 Å². The number of hydrogen-bond acceptors (Lipinski definition) is 3. The van der Waals surface area contributed by atoms with Crippen LogP contribution in [0.4, 0.5) is 4.79 Å². The fourth-order valence-electron chi connectivity index (χ4n) is 0.962. The highest BCUT2D eigenvalue weighted by Gasteiger charge is 2.29. The largest absolute Gasteiger partial charge is 0.442 e. The summed E-state index contributed by atoms with van der Waals surface area (Å²) in [7, 11) is 0. The summed E-state index contributed by atoms with van der Waals surface area (Å²) in [4.78, 5) is 16.8. The maximum absolute atomic E-state index is 11.6. The van der Waals surface area contributed by atoms with Gasteiger partial charge in [0, 0.05) is 0 Å². The zero-order chi connectivity index (χ0) is 10.9. The van der Waals surface area contributed by atoms with Crippen LogP contribution in [0.25, 0.3) is 0 Å². The van der Waals surface area contributed by atoms with E-state index in [-0.39, 0.29) is 4.11 Å². The molecule has 14 heavy (non-hydrogen) atoms. The molecule has 0 radical (unpaired) electrons. The number of halogens is 1. The molecule has 1 rings (SSSR count). The molecular weight excluding hydrogens is 297 g/mol. The SMILES string of the molecule is CC1=CC(I)ON1C(=O)OC(C)(C)C. The highest BCUT2D eigenvalue weighted by Crippen LogP contribution is 2.24. The van der Waals surface area contributed by atoms with Gasteiger partial charge in [-0.25, -0.2) is 9.63 Å². The van der Waals surface area contributed by atoms with E-state index in [0.717, 1.165) is 5.70 Å². The molecule has 0 spiro atoms. The number of carbonyl (C=O) groups is 1. The van der Waals surface area contributed by atoms with Gasteiger partial charge in [0.2, 0.25) is 0 Å². The normalized spacial score (nSPS) is 22.2. The summed E-state index contributed by atoms with van der Waals surface area (Å²) >= 11 is 2.08. The fraction of sp³-hybridized carbons (Fsp3) is 0.667. The Labute approximate surface area is 97.3 Å². The number of nitrogens with zero attached hydrogens (tertiary/aromatic N) is 1. The average molecular weight is 311 g/mol. The maximum Gasteiger partial charge on any atom is 0.439 e. The first-order valence-electron chi connectivity index (χ1n) is 4.32. The standard InChI is InChI=1S/C9H14INO3/c1-6-5-7(10)14-11(6)8(12)13-9(2,3)4/h5,7H,1-4H3. The van der Waals surface area contributed by atoms with Gasteiger partial charge in [0.05, 0.1) is 5.70 Å². The molecule has 5 heteroatoms. The molecule has 4 nitrogen and oxygen atoms in total. The number of alkyl halides is 1. The monoisotopic (exact) mass is 311 g/mol. The van der Waals surface area contributed by atoms with Gasteiger partial charge in [-0.3, -0.25) is 0 Å². The lowest BCUT2D eigenvalue weighted by molar-refractivity contribution is -0.104. The molecule has 1 aliphatic heterocycles. The molecule has 0 aromatic carbocycles. The van der Waals surface area contributed by atoms with E-state index >= 15 is 0 Å². The van der Waals surface area contributed by atoms with Crippen LogP contribution in [-0.2, 0) is 9.57 Å². The molecule has 0 aromatic heterocycles. The quantitative estimate of drug-likeness (QED) is 0.510. The second kappa shape index (κ2) is 4.06. The molecule has 1 amide bonds. The van der Waals surface area contributed by atoms with Crippen LogP contribution in [0, 0.1) is 0 Å². The summed E-state index contributed by atoms with van der Waals surface area (Å²) in [6, 6.07) is 0. The second-order valence-electron chi connectivity index (χ2n) is 4.04. The van der Waals surface area contributed by atoms with Gasteiger partial charge in [0.1, 0.15) is 5.60 Å². The van der Waals surface area contributed by atoms with Crippen LogP contribution in [0.5, 0.6) is 0 Å². The van der Waals surface area contributed by atoms with Gasteiger partial charge in [-0.05, 0) is 56.4 Å². The summed E-state index contributed by atoms with van der Waals surface area (Å²) in [5.74, 6) is 0. The predicted molar refractivity (Wildman–Crippen MR) is 60.7 cm³/mol. The van der Waals surface area contributed by atoms with Crippen molar-refractivity contribution in [2.45, 2.75) is 37.4 Å². The Bertz CT molecular complexity index is 270.